The Hall–Kier alpha value is -1.39. The van der Waals surface area contributed by atoms with Crippen molar-refractivity contribution in [1.29, 1.82) is 0 Å². The van der Waals surface area contributed by atoms with Crippen LogP contribution in [-0.2, 0) is 9.53 Å². The van der Waals surface area contributed by atoms with Gasteiger partial charge in [0.2, 0.25) is 0 Å². The van der Waals surface area contributed by atoms with Crippen molar-refractivity contribution in [2.45, 2.75) is 6.92 Å². The molecule has 5 heteroatoms. The number of rotatable bonds is 2. The number of nitrogens with one attached hydrogen (secondary N) is 1. The summed E-state index contributed by atoms with van der Waals surface area (Å²) in [4.78, 5) is 10.2. The molecule has 0 aliphatic heterocycles. The lowest BCUT2D eigenvalue weighted by Crippen LogP contribution is -1.96. The maximum absolute atomic E-state index is 10.2. The Bertz CT molecular complexity index is 207. The molecule has 1 rings (SSSR count). The SMILES string of the molecule is CC(=O)O[CH]c1c[nH]nn1. The summed E-state index contributed by atoms with van der Waals surface area (Å²) in [6.07, 6.45) is 1.52. The molecule has 1 N–H and O–H groups in total. The van der Waals surface area contributed by atoms with Gasteiger partial charge in [0.1, 0.15) is 5.69 Å². The van der Waals surface area contributed by atoms with Gasteiger partial charge in [-0.2, -0.15) is 0 Å². The smallest absolute Gasteiger partial charge is 0.303 e. The minimum Gasteiger partial charge on any atom is -0.451 e. The number of aromatic nitrogens is 3. The van der Waals surface area contributed by atoms with Gasteiger partial charge >= 0.3 is 5.97 Å². The fraction of sp³-hybridized carbons (Fsp3) is 0.200. The fourth-order valence-electron chi connectivity index (χ4n) is 0.411. The number of carbonyl (C=O) groups is 1. The standard InChI is InChI=1S/C5H6N3O2/c1-4(9)10-3-5-2-6-8-7-5/h2-3H,1H3,(H,6,7,8). The number of hydrogen-bond donors (Lipinski definition) is 1. The molecule has 0 spiro atoms. The van der Waals surface area contributed by atoms with E-state index in [2.05, 4.69) is 20.1 Å². The van der Waals surface area contributed by atoms with Crippen molar-refractivity contribution in [3.63, 3.8) is 0 Å². The third kappa shape index (κ3) is 1.85. The van der Waals surface area contributed by atoms with E-state index in [1.54, 1.807) is 0 Å². The Morgan fingerprint density at radius 3 is 3.20 bits per heavy atom. The van der Waals surface area contributed by atoms with Crippen molar-refractivity contribution in [2.24, 2.45) is 0 Å². The van der Waals surface area contributed by atoms with Crippen LogP contribution in [-0.4, -0.2) is 21.4 Å². The van der Waals surface area contributed by atoms with Crippen molar-refractivity contribution < 1.29 is 9.53 Å². The van der Waals surface area contributed by atoms with Crippen LogP contribution in [0.4, 0.5) is 0 Å². The lowest BCUT2D eigenvalue weighted by molar-refractivity contribution is -0.137. The predicted octanol–water partition coefficient (Wildman–Crippen LogP) is -0.122. The number of H-pyrrole nitrogens is 1. The molecule has 0 aliphatic carbocycles. The highest BCUT2D eigenvalue weighted by atomic mass is 16.5. The zero-order valence-corrected chi connectivity index (χ0v) is 5.37. The molecule has 0 fully saturated rings. The number of nitrogens with zero attached hydrogens (tertiary/aromatic N) is 2. The molecule has 1 aromatic rings. The van der Waals surface area contributed by atoms with Crippen LogP contribution >= 0.6 is 0 Å². The van der Waals surface area contributed by atoms with Crippen LogP contribution in [0.15, 0.2) is 6.20 Å². The second kappa shape index (κ2) is 2.95. The predicted molar refractivity (Wildman–Crippen MR) is 31.6 cm³/mol. The van der Waals surface area contributed by atoms with Crippen LogP contribution in [0.1, 0.15) is 12.6 Å². The van der Waals surface area contributed by atoms with Crippen LogP contribution in [0.25, 0.3) is 0 Å². The quantitative estimate of drug-likeness (QED) is 0.581. The largest absolute Gasteiger partial charge is 0.451 e. The van der Waals surface area contributed by atoms with Crippen LogP contribution < -0.4 is 0 Å². The van der Waals surface area contributed by atoms with Crippen LogP contribution in [0, 0.1) is 6.61 Å². The summed E-state index contributed by atoms with van der Waals surface area (Å²) < 4.78 is 4.50. The Morgan fingerprint density at radius 2 is 2.70 bits per heavy atom. The van der Waals surface area contributed by atoms with Gasteiger partial charge in [-0.05, 0) is 0 Å². The minimum absolute atomic E-state index is 0.372. The molecule has 0 atom stereocenters. The Kier molecular flexibility index (Phi) is 1.99. The van der Waals surface area contributed by atoms with Crippen molar-refractivity contribution >= 4 is 5.97 Å². The van der Waals surface area contributed by atoms with Crippen molar-refractivity contribution in [2.75, 3.05) is 0 Å². The van der Waals surface area contributed by atoms with Crippen molar-refractivity contribution in [1.82, 2.24) is 15.4 Å². The molecule has 1 radical (unpaired) electrons. The number of ether oxygens (including phenoxy) is 1. The number of hydrogen-bond acceptors (Lipinski definition) is 4. The van der Waals surface area contributed by atoms with Gasteiger partial charge in [-0.15, -0.1) is 5.10 Å². The Balaban J connectivity index is 2.35. The highest BCUT2D eigenvalue weighted by Gasteiger charge is 1.98. The molecular weight excluding hydrogens is 134 g/mol. The summed E-state index contributed by atoms with van der Waals surface area (Å²) in [5.74, 6) is -0.372. The molecule has 0 saturated heterocycles. The summed E-state index contributed by atoms with van der Waals surface area (Å²) in [7, 11) is 0. The first-order chi connectivity index (χ1) is 4.79. The van der Waals surface area contributed by atoms with Gasteiger partial charge in [-0.3, -0.25) is 9.89 Å². The molecule has 0 unspecified atom stereocenters. The van der Waals surface area contributed by atoms with Crippen LogP contribution in [0.5, 0.6) is 0 Å². The molecule has 1 aromatic heterocycles. The van der Waals surface area contributed by atoms with E-state index in [1.165, 1.54) is 19.7 Å². The molecule has 0 aliphatic rings. The van der Waals surface area contributed by atoms with Crippen LogP contribution in [0.3, 0.4) is 0 Å². The lowest BCUT2D eigenvalue weighted by Gasteiger charge is -1.92. The molecule has 0 aromatic carbocycles. The lowest BCUT2D eigenvalue weighted by atomic mass is 10.5. The third-order valence-corrected chi connectivity index (χ3v) is 0.781. The maximum Gasteiger partial charge on any atom is 0.303 e. The summed E-state index contributed by atoms with van der Waals surface area (Å²) >= 11 is 0. The average molecular weight is 140 g/mol. The molecule has 0 amide bonds. The monoisotopic (exact) mass is 140 g/mol. The topological polar surface area (TPSA) is 67.9 Å². The second-order valence-corrected chi connectivity index (χ2v) is 1.63. The van der Waals surface area contributed by atoms with E-state index in [4.69, 9.17) is 0 Å². The second-order valence-electron chi connectivity index (χ2n) is 1.63. The van der Waals surface area contributed by atoms with Gasteiger partial charge in [-0.1, -0.05) is 5.21 Å². The molecule has 0 bridgehead atoms. The zero-order chi connectivity index (χ0) is 7.40. The summed E-state index contributed by atoms with van der Waals surface area (Å²) in [5.41, 5.74) is 0.496. The van der Waals surface area contributed by atoms with E-state index in [9.17, 15) is 4.79 Å². The van der Waals surface area contributed by atoms with Gasteiger partial charge in [0.05, 0.1) is 0 Å². The van der Waals surface area contributed by atoms with E-state index in [0.717, 1.165) is 0 Å². The Morgan fingerprint density at radius 1 is 1.90 bits per heavy atom. The Labute approximate surface area is 57.4 Å². The fourth-order valence-corrected chi connectivity index (χ4v) is 0.411. The van der Waals surface area contributed by atoms with Crippen LogP contribution in [0.2, 0.25) is 0 Å². The molecular formula is C5H6N3O2. The molecule has 1 heterocycles. The first-order valence-electron chi connectivity index (χ1n) is 2.66. The van der Waals surface area contributed by atoms with E-state index < -0.39 is 0 Å². The van der Waals surface area contributed by atoms with E-state index >= 15 is 0 Å². The zero-order valence-electron chi connectivity index (χ0n) is 5.37. The first-order valence-corrected chi connectivity index (χ1v) is 2.66. The van der Waals surface area contributed by atoms with Gasteiger partial charge in [0, 0.05) is 13.1 Å². The molecule has 53 valence electrons. The number of carbonyl (C=O) groups excluding carboxylic acids is 1. The van der Waals surface area contributed by atoms with Gasteiger partial charge in [0.15, 0.2) is 6.61 Å². The van der Waals surface area contributed by atoms with E-state index in [-0.39, 0.29) is 5.97 Å². The normalized spacial score (nSPS) is 9.30. The van der Waals surface area contributed by atoms with Crippen molar-refractivity contribution in [3.05, 3.63) is 18.5 Å². The number of aromatic amines is 1. The summed E-state index contributed by atoms with van der Waals surface area (Å²) in [5, 5.41) is 9.42. The van der Waals surface area contributed by atoms with E-state index in [0.29, 0.717) is 5.69 Å². The number of esters is 1. The van der Waals surface area contributed by atoms with Gasteiger partial charge in [0.25, 0.3) is 0 Å². The third-order valence-electron chi connectivity index (χ3n) is 0.781. The van der Waals surface area contributed by atoms with E-state index in [1.807, 2.05) is 0 Å². The first kappa shape index (κ1) is 6.73. The molecule has 0 saturated carbocycles. The maximum atomic E-state index is 10.2. The van der Waals surface area contributed by atoms with Crippen molar-refractivity contribution in [3.8, 4) is 0 Å². The summed E-state index contributed by atoms with van der Waals surface area (Å²) in [6, 6.07) is 0. The average Bonchev–Trinajstić information content (AvgIpc) is 2.34. The van der Waals surface area contributed by atoms with Gasteiger partial charge < -0.3 is 4.74 Å². The molecule has 5 nitrogen and oxygen atoms in total. The minimum atomic E-state index is -0.372. The highest BCUT2D eigenvalue weighted by Crippen LogP contribution is 1.94. The summed E-state index contributed by atoms with van der Waals surface area (Å²) in [6.45, 7) is 2.54. The van der Waals surface area contributed by atoms with Gasteiger partial charge in [-0.25, -0.2) is 0 Å². The highest BCUT2D eigenvalue weighted by molar-refractivity contribution is 5.66. The molecule has 10 heavy (non-hydrogen) atoms.